The highest BCUT2D eigenvalue weighted by Gasteiger charge is 2.13. The summed E-state index contributed by atoms with van der Waals surface area (Å²) in [5.41, 5.74) is 1.86. The zero-order valence-corrected chi connectivity index (χ0v) is 14.4. The van der Waals surface area contributed by atoms with Crippen LogP contribution in [0.25, 0.3) is 11.1 Å². The van der Waals surface area contributed by atoms with Crippen LogP contribution in [0.4, 0.5) is 5.69 Å². The fraction of sp³-hybridized carbons (Fsp3) is 0.158. The van der Waals surface area contributed by atoms with Crippen molar-refractivity contribution in [2.75, 3.05) is 19.5 Å². The van der Waals surface area contributed by atoms with Gasteiger partial charge in [-0.25, -0.2) is 4.79 Å². The normalized spacial score (nSPS) is 10.5. The number of hydrogen-bond acceptors (Lipinski definition) is 5. The summed E-state index contributed by atoms with van der Waals surface area (Å²) in [6.45, 7) is 3.92. The first-order valence-corrected chi connectivity index (χ1v) is 7.84. The van der Waals surface area contributed by atoms with E-state index in [1.54, 1.807) is 42.5 Å². The van der Waals surface area contributed by atoms with Crippen molar-refractivity contribution >= 4 is 22.7 Å². The van der Waals surface area contributed by atoms with E-state index in [-0.39, 0.29) is 5.91 Å². The smallest absolute Gasteiger partial charge is 0.420 e. The highest BCUT2D eigenvalue weighted by Crippen LogP contribution is 2.26. The monoisotopic (exact) mass is 354 g/mol. The molecule has 26 heavy (non-hydrogen) atoms. The molecule has 1 aromatic heterocycles. The summed E-state index contributed by atoms with van der Waals surface area (Å²) in [7, 11) is 3.07. The van der Waals surface area contributed by atoms with Crippen LogP contribution in [-0.4, -0.2) is 24.7 Å². The number of nitrogens with zero attached hydrogens (tertiary/aromatic N) is 1. The average molecular weight is 354 g/mol. The summed E-state index contributed by atoms with van der Waals surface area (Å²) in [4.78, 5) is 24.5. The van der Waals surface area contributed by atoms with Crippen molar-refractivity contribution in [3.05, 3.63) is 65.2 Å². The number of anilines is 1. The molecule has 0 saturated carbocycles. The Morgan fingerprint density at radius 3 is 2.50 bits per heavy atom. The zero-order chi connectivity index (χ0) is 18.7. The second kappa shape index (κ2) is 7.18. The van der Waals surface area contributed by atoms with E-state index in [1.807, 2.05) is 0 Å². The summed E-state index contributed by atoms with van der Waals surface area (Å²) >= 11 is 0. The van der Waals surface area contributed by atoms with Crippen LogP contribution in [0.3, 0.4) is 0 Å². The molecular weight excluding hydrogens is 336 g/mol. The number of allylic oxidation sites excluding steroid dienone is 1. The third kappa shape index (κ3) is 3.32. The standard InChI is InChI=1S/C19H18N2O5/c1-4-7-21-16-8-12(5-6-17(16)26-19(21)23)18(22)20-13-9-14(24-2)11-15(10-13)25-3/h4-6,8-11H,1,7H2,2-3H3,(H,20,22). The lowest BCUT2D eigenvalue weighted by atomic mass is 10.2. The Morgan fingerprint density at radius 1 is 1.19 bits per heavy atom. The van der Waals surface area contributed by atoms with Crippen LogP contribution in [0.2, 0.25) is 0 Å². The molecule has 1 amide bonds. The van der Waals surface area contributed by atoms with Crippen molar-refractivity contribution < 1.29 is 18.7 Å². The highest BCUT2D eigenvalue weighted by molar-refractivity contribution is 6.06. The highest BCUT2D eigenvalue weighted by atomic mass is 16.5. The van der Waals surface area contributed by atoms with Gasteiger partial charge in [0.1, 0.15) is 11.5 Å². The fourth-order valence-electron chi connectivity index (χ4n) is 2.59. The van der Waals surface area contributed by atoms with Crippen molar-refractivity contribution in [2.24, 2.45) is 0 Å². The first kappa shape index (κ1) is 17.3. The first-order valence-electron chi connectivity index (χ1n) is 7.84. The fourth-order valence-corrected chi connectivity index (χ4v) is 2.59. The number of benzene rings is 2. The molecule has 0 aliphatic heterocycles. The van der Waals surface area contributed by atoms with E-state index in [1.165, 1.54) is 18.8 Å². The third-order valence-electron chi connectivity index (χ3n) is 3.85. The number of oxazole rings is 1. The molecule has 7 nitrogen and oxygen atoms in total. The van der Waals surface area contributed by atoms with Gasteiger partial charge in [0.25, 0.3) is 5.91 Å². The number of aromatic nitrogens is 1. The van der Waals surface area contributed by atoms with Crippen LogP contribution >= 0.6 is 0 Å². The number of nitrogens with one attached hydrogen (secondary N) is 1. The number of rotatable bonds is 6. The van der Waals surface area contributed by atoms with Gasteiger partial charge in [-0.2, -0.15) is 0 Å². The minimum Gasteiger partial charge on any atom is -0.497 e. The van der Waals surface area contributed by atoms with Crippen LogP contribution in [0.5, 0.6) is 11.5 Å². The molecule has 0 atom stereocenters. The molecule has 3 aromatic rings. The Balaban J connectivity index is 1.94. The van der Waals surface area contributed by atoms with Crippen LogP contribution in [-0.2, 0) is 6.54 Å². The summed E-state index contributed by atoms with van der Waals surface area (Å²) in [5, 5.41) is 2.79. The second-order valence-electron chi connectivity index (χ2n) is 5.51. The van der Waals surface area contributed by atoms with Gasteiger partial charge in [-0.1, -0.05) is 6.08 Å². The van der Waals surface area contributed by atoms with Crippen molar-refractivity contribution in [3.63, 3.8) is 0 Å². The minimum atomic E-state index is -0.491. The minimum absolute atomic E-state index is 0.296. The lowest BCUT2D eigenvalue weighted by Crippen LogP contribution is -2.14. The van der Waals surface area contributed by atoms with E-state index >= 15 is 0 Å². The van der Waals surface area contributed by atoms with Crippen molar-refractivity contribution in [3.8, 4) is 11.5 Å². The van der Waals surface area contributed by atoms with Gasteiger partial charge in [0.05, 0.1) is 19.7 Å². The molecule has 3 rings (SSSR count). The number of hydrogen-bond donors (Lipinski definition) is 1. The summed E-state index contributed by atoms with van der Waals surface area (Å²) in [5.74, 6) is 0.297. The maximum Gasteiger partial charge on any atom is 0.420 e. The van der Waals surface area contributed by atoms with Crippen LogP contribution < -0.4 is 20.5 Å². The number of ether oxygens (including phenoxy) is 2. The van der Waals surface area contributed by atoms with Gasteiger partial charge in [-0.3, -0.25) is 9.36 Å². The van der Waals surface area contributed by atoms with Crippen molar-refractivity contribution in [1.82, 2.24) is 4.57 Å². The second-order valence-corrected chi connectivity index (χ2v) is 5.51. The molecule has 0 saturated heterocycles. The molecule has 0 unspecified atom stereocenters. The van der Waals surface area contributed by atoms with E-state index < -0.39 is 5.76 Å². The average Bonchev–Trinajstić information content (AvgIpc) is 2.96. The predicted molar refractivity (Wildman–Crippen MR) is 98.2 cm³/mol. The number of methoxy groups -OCH3 is 2. The van der Waals surface area contributed by atoms with Gasteiger partial charge in [0.2, 0.25) is 0 Å². The van der Waals surface area contributed by atoms with Gasteiger partial charge in [0, 0.05) is 36.0 Å². The summed E-state index contributed by atoms with van der Waals surface area (Å²) < 4.78 is 17.0. The van der Waals surface area contributed by atoms with Crippen molar-refractivity contribution in [1.29, 1.82) is 0 Å². The predicted octanol–water partition coefficient (Wildman–Crippen LogP) is 3.05. The Hall–Kier alpha value is -3.48. The lowest BCUT2D eigenvalue weighted by molar-refractivity contribution is 0.102. The molecule has 134 valence electrons. The van der Waals surface area contributed by atoms with Gasteiger partial charge < -0.3 is 19.2 Å². The number of carbonyl (C=O) groups excluding carboxylic acids is 1. The molecule has 0 spiro atoms. The molecule has 7 heteroatoms. The molecule has 0 aliphatic rings. The number of fused-ring (bicyclic) bond motifs is 1. The van der Waals surface area contributed by atoms with Gasteiger partial charge in [-0.05, 0) is 18.2 Å². The molecule has 0 bridgehead atoms. The molecule has 0 fully saturated rings. The number of carbonyl (C=O) groups is 1. The molecule has 1 heterocycles. The SMILES string of the molecule is C=CCn1c(=O)oc2ccc(C(=O)Nc3cc(OC)cc(OC)c3)cc21. The maximum absolute atomic E-state index is 12.6. The maximum atomic E-state index is 12.6. The van der Waals surface area contributed by atoms with E-state index in [4.69, 9.17) is 13.9 Å². The molecule has 2 aromatic carbocycles. The van der Waals surface area contributed by atoms with Crippen LogP contribution in [0.1, 0.15) is 10.4 Å². The molecular formula is C19H18N2O5. The van der Waals surface area contributed by atoms with E-state index in [0.717, 1.165) is 0 Å². The molecule has 0 radical (unpaired) electrons. The summed E-state index contributed by atoms with van der Waals surface area (Å²) in [6.07, 6.45) is 1.59. The summed E-state index contributed by atoms with van der Waals surface area (Å²) in [6, 6.07) is 9.88. The topological polar surface area (TPSA) is 82.7 Å². The Bertz CT molecular complexity index is 1010. The molecule has 1 N–H and O–H groups in total. The van der Waals surface area contributed by atoms with E-state index in [0.29, 0.717) is 40.4 Å². The van der Waals surface area contributed by atoms with Gasteiger partial charge in [0.15, 0.2) is 5.58 Å². The Morgan fingerprint density at radius 2 is 1.88 bits per heavy atom. The first-order chi connectivity index (χ1) is 12.5. The van der Waals surface area contributed by atoms with Gasteiger partial charge >= 0.3 is 5.76 Å². The number of amides is 1. The Kier molecular flexibility index (Phi) is 4.79. The Labute approximate surface area is 149 Å². The van der Waals surface area contributed by atoms with E-state index in [2.05, 4.69) is 11.9 Å². The van der Waals surface area contributed by atoms with Gasteiger partial charge in [-0.15, -0.1) is 6.58 Å². The zero-order valence-electron chi connectivity index (χ0n) is 14.4. The largest absolute Gasteiger partial charge is 0.497 e. The third-order valence-corrected chi connectivity index (χ3v) is 3.85. The van der Waals surface area contributed by atoms with Crippen LogP contribution in [0, 0.1) is 0 Å². The van der Waals surface area contributed by atoms with E-state index in [9.17, 15) is 9.59 Å². The van der Waals surface area contributed by atoms with Crippen molar-refractivity contribution in [2.45, 2.75) is 6.54 Å². The quantitative estimate of drug-likeness (QED) is 0.688. The lowest BCUT2D eigenvalue weighted by Gasteiger charge is -2.10. The van der Waals surface area contributed by atoms with Crippen LogP contribution in [0.15, 0.2) is 58.3 Å². The molecule has 0 aliphatic carbocycles.